The molecule has 0 amide bonds. The largest absolute Gasteiger partial charge is 0.436 e. The van der Waals surface area contributed by atoms with Crippen LogP contribution in [0.4, 0.5) is 0 Å². The van der Waals surface area contributed by atoms with Crippen molar-refractivity contribution in [3.8, 4) is 67.9 Å². The van der Waals surface area contributed by atoms with Crippen molar-refractivity contribution in [2.45, 2.75) is 0 Å². The van der Waals surface area contributed by atoms with Gasteiger partial charge in [0.2, 0.25) is 5.89 Å². The Bertz CT molecular complexity index is 2910. The summed E-state index contributed by atoms with van der Waals surface area (Å²) in [6, 6.07) is 58.2. The Labute approximate surface area is 303 Å². The van der Waals surface area contributed by atoms with Crippen molar-refractivity contribution in [3.63, 3.8) is 0 Å². The highest BCUT2D eigenvalue weighted by Gasteiger charge is 2.18. The molecule has 0 bridgehead atoms. The molecule has 52 heavy (non-hydrogen) atoms. The molecule has 10 rings (SSSR count). The lowest BCUT2D eigenvalue weighted by atomic mass is 9.97. The zero-order valence-electron chi connectivity index (χ0n) is 27.8. The highest BCUT2D eigenvalue weighted by atomic mass is 32.1. The Morgan fingerprint density at radius 1 is 0.385 bits per heavy atom. The lowest BCUT2D eigenvalue weighted by molar-refractivity contribution is 0.620. The number of thiophene rings is 1. The Balaban J connectivity index is 1.08. The van der Waals surface area contributed by atoms with E-state index in [2.05, 4.69) is 97.1 Å². The fourth-order valence-corrected chi connectivity index (χ4v) is 8.02. The second-order valence-electron chi connectivity index (χ2n) is 12.6. The molecule has 0 atom stereocenters. The SMILES string of the molecule is c1ccc(-c2nc(-c3cccc(-c4cccc(-c5cccc6oc(-c7ccccc7)nc56)c4)c3)nc(-c3cccc4sc5ccccc5c34)n2)cc1. The molecular weight excluding hydrogens is 657 g/mol. The predicted molar refractivity (Wildman–Crippen MR) is 213 cm³/mol. The van der Waals surface area contributed by atoms with Crippen LogP contribution in [0.1, 0.15) is 0 Å². The molecule has 5 nitrogen and oxygen atoms in total. The van der Waals surface area contributed by atoms with Gasteiger partial charge in [-0.2, -0.15) is 0 Å². The maximum Gasteiger partial charge on any atom is 0.227 e. The summed E-state index contributed by atoms with van der Waals surface area (Å²) >= 11 is 1.79. The third kappa shape index (κ3) is 5.34. The maximum atomic E-state index is 6.19. The van der Waals surface area contributed by atoms with Gasteiger partial charge in [0, 0.05) is 48.0 Å². The monoisotopic (exact) mass is 684 g/mol. The van der Waals surface area contributed by atoms with Crippen molar-refractivity contribution < 1.29 is 4.42 Å². The number of aromatic nitrogens is 4. The van der Waals surface area contributed by atoms with Crippen LogP contribution in [0.15, 0.2) is 174 Å². The van der Waals surface area contributed by atoms with Gasteiger partial charge in [-0.15, -0.1) is 11.3 Å². The fraction of sp³-hybridized carbons (Fsp3) is 0. The summed E-state index contributed by atoms with van der Waals surface area (Å²) in [5.74, 6) is 2.53. The molecule has 0 spiro atoms. The van der Waals surface area contributed by atoms with Gasteiger partial charge >= 0.3 is 0 Å². The average molecular weight is 685 g/mol. The van der Waals surface area contributed by atoms with Gasteiger partial charge in [-0.3, -0.25) is 0 Å². The molecule has 0 aliphatic rings. The van der Waals surface area contributed by atoms with Crippen LogP contribution < -0.4 is 0 Å². The highest BCUT2D eigenvalue weighted by Crippen LogP contribution is 2.40. The van der Waals surface area contributed by atoms with E-state index in [9.17, 15) is 0 Å². The van der Waals surface area contributed by atoms with Gasteiger partial charge in [-0.05, 0) is 59.2 Å². The number of fused-ring (bicyclic) bond motifs is 4. The molecule has 3 aromatic heterocycles. The van der Waals surface area contributed by atoms with E-state index in [1.807, 2.05) is 72.8 Å². The van der Waals surface area contributed by atoms with Crippen molar-refractivity contribution >= 4 is 42.6 Å². The first-order valence-corrected chi connectivity index (χ1v) is 18.0. The minimum absolute atomic E-state index is 0.613. The molecule has 0 aliphatic heterocycles. The molecule has 0 aliphatic carbocycles. The minimum Gasteiger partial charge on any atom is -0.436 e. The molecule has 10 aromatic rings. The van der Waals surface area contributed by atoms with Crippen molar-refractivity contribution in [2.75, 3.05) is 0 Å². The van der Waals surface area contributed by atoms with Crippen molar-refractivity contribution in [1.29, 1.82) is 0 Å². The molecule has 0 N–H and O–H groups in total. The van der Waals surface area contributed by atoms with E-state index in [1.165, 1.54) is 20.2 Å². The second kappa shape index (κ2) is 12.5. The molecule has 244 valence electrons. The molecule has 0 saturated heterocycles. The lowest BCUT2D eigenvalue weighted by Gasteiger charge is -2.11. The van der Waals surface area contributed by atoms with E-state index in [-0.39, 0.29) is 0 Å². The number of rotatable bonds is 6. The zero-order valence-corrected chi connectivity index (χ0v) is 28.6. The van der Waals surface area contributed by atoms with Gasteiger partial charge in [-0.25, -0.2) is 19.9 Å². The van der Waals surface area contributed by atoms with Crippen LogP contribution in [0.5, 0.6) is 0 Å². The van der Waals surface area contributed by atoms with Crippen molar-refractivity contribution in [1.82, 2.24) is 19.9 Å². The second-order valence-corrected chi connectivity index (χ2v) is 13.7. The highest BCUT2D eigenvalue weighted by molar-refractivity contribution is 7.25. The van der Waals surface area contributed by atoms with E-state index in [0.29, 0.717) is 23.4 Å². The first-order chi connectivity index (χ1) is 25.7. The molecular formula is C46H28N4OS. The number of hydrogen-bond donors (Lipinski definition) is 0. The third-order valence-electron chi connectivity index (χ3n) is 9.38. The van der Waals surface area contributed by atoms with Crippen LogP contribution >= 0.6 is 11.3 Å². The summed E-state index contributed by atoms with van der Waals surface area (Å²) in [7, 11) is 0. The van der Waals surface area contributed by atoms with Gasteiger partial charge in [0.25, 0.3) is 0 Å². The Hall–Kier alpha value is -6.76. The van der Waals surface area contributed by atoms with Gasteiger partial charge < -0.3 is 4.42 Å². The fourth-order valence-electron chi connectivity index (χ4n) is 6.89. The summed E-state index contributed by atoms with van der Waals surface area (Å²) in [5.41, 5.74) is 9.62. The predicted octanol–water partition coefficient (Wildman–Crippen LogP) is 12.4. The molecule has 0 fully saturated rings. The molecule has 7 aromatic carbocycles. The van der Waals surface area contributed by atoms with E-state index < -0.39 is 0 Å². The number of nitrogens with zero attached hydrogens (tertiary/aromatic N) is 4. The molecule has 0 saturated carbocycles. The number of benzene rings is 7. The van der Waals surface area contributed by atoms with Crippen LogP contribution in [-0.4, -0.2) is 19.9 Å². The Morgan fingerprint density at radius 2 is 0.942 bits per heavy atom. The van der Waals surface area contributed by atoms with Crippen molar-refractivity contribution in [3.05, 3.63) is 170 Å². The minimum atomic E-state index is 0.613. The van der Waals surface area contributed by atoms with Crippen molar-refractivity contribution in [2.24, 2.45) is 0 Å². The maximum absolute atomic E-state index is 6.19. The van der Waals surface area contributed by atoms with Gasteiger partial charge in [-0.1, -0.05) is 127 Å². The van der Waals surface area contributed by atoms with Gasteiger partial charge in [0.1, 0.15) is 5.52 Å². The van der Waals surface area contributed by atoms with Crippen LogP contribution in [0.25, 0.3) is 99.1 Å². The summed E-state index contributed by atoms with van der Waals surface area (Å²) in [6.45, 7) is 0. The Kier molecular flexibility index (Phi) is 7.25. The van der Waals surface area contributed by atoms with Crippen LogP contribution in [-0.2, 0) is 0 Å². The van der Waals surface area contributed by atoms with Gasteiger partial charge in [0.05, 0.1) is 0 Å². The van der Waals surface area contributed by atoms with Gasteiger partial charge in [0.15, 0.2) is 23.1 Å². The molecule has 0 unspecified atom stereocenters. The van der Waals surface area contributed by atoms with E-state index in [0.717, 1.165) is 55.6 Å². The number of oxazole rings is 1. The first kappa shape index (κ1) is 30.1. The lowest BCUT2D eigenvalue weighted by Crippen LogP contribution is -2.00. The number of para-hydroxylation sites is 1. The van der Waals surface area contributed by atoms with Crippen LogP contribution in [0.2, 0.25) is 0 Å². The van der Waals surface area contributed by atoms with E-state index in [1.54, 1.807) is 11.3 Å². The van der Waals surface area contributed by atoms with E-state index in [4.69, 9.17) is 24.4 Å². The molecule has 3 heterocycles. The Morgan fingerprint density at radius 3 is 1.75 bits per heavy atom. The smallest absolute Gasteiger partial charge is 0.227 e. The standard InChI is InChI=1S/C46H28N4OS/c1-3-13-29(14-4-1)43-48-44(50-45(49-43)37-23-12-26-40-41(37)36-21-7-8-25-39(36)52-40)34-20-10-18-32(28-34)31-17-9-19-33(27-31)35-22-11-24-38-42(35)47-46(51-38)30-15-5-2-6-16-30/h1-28H. The molecule has 6 heteroatoms. The van der Waals surface area contributed by atoms with Crippen LogP contribution in [0, 0.1) is 0 Å². The normalized spacial score (nSPS) is 11.5. The summed E-state index contributed by atoms with van der Waals surface area (Å²) < 4.78 is 8.64. The summed E-state index contributed by atoms with van der Waals surface area (Å²) in [4.78, 5) is 20.2. The van der Waals surface area contributed by atoms with E-state index >= 15 is 0 Å². The number of hydrogen-bond acceptors (Lipinski definition) is 6. The average Bonchev–Trinajstić information content (AvgIpc) is 3.84. The quantitative estimate of drug-likeness (QED) is 0.174. The summed E-state index contributed by atoms with van der Waals surface area (Å²) in [5, 5.41) is 2.38. The van der Waals surface area contributed by atoms with Crippen LogP contribution in [0.3, 0.4) is 0 Å². The third-order valence-corrected chi connectivity index (χ3v) is 10.5. The first-order valence-electron chi connectivity index (χ1n) is 17.1. The molecule has 0 radical (unpaired) electrons. The summed E-state index contributed by atoms with van der Waals surface area (Å²) in [6.07, 6.45) is 0. The topological polar surface area (TPSA) is 64.7 Å². The zero-order chi connectivity index (χ0) is 34.4.